The molecule has 0 aliphatic rings. The Kier molecular flexibility index (Phi) is 4.61. The van der Waals surface area contributed by atoms with Crippen molar-refractivity contribution >= 4 is 54.5 Å². The van der Waals surface area contributed by atoms with Gasteiger partial charge in [-0.15, -0.1) is 0 Å². The molecule has 0 unspecified atom stereocenters. The van der Waals surface area contributed by atoms with Gasteiger partial charge in [-0.1, -0.05) is 78.9 Å². The minimum absolute atomic E-state index is 1.16. The van der Waals surface area contributed by atoms with Crippen LogP contribution in [0.3, 0.4) is 0 Å². The fourth-order valence-corrected chi connectivity index (χ4v) is 6.72. The van der Waals surface area contributed by atoms with Crippen molar-refractivity contribution in [1.29, 1.82) is 0 Å². The van der Waals surface area contributed by atoms with Crippen molar-refractivity contribution in [3.8, 4) is 17.1 Å². The molecule has 9 aromatic rings. The minimum atomic E-state index is 1.16. The number of rotatable bonds is 3. The van der Waals surface area contributed by atoms with Crippen LogP contribution in [0, 0.1) is 0 Å². The highest BCUT2D eigenvalue weighted by Gasteiger charge is 2.18. The summed E-state index contributed by atoms with van der Waals surface area (Å²) < 4.78 is 7.12. The van der Waals surface area contributed by atoms with Gasteiger partial charge in [0.25, 0.3) is 0 Å². The lowest BCUT2D eigenvalue weighted by Crippen LogP contribution is -1.95. The summed E-state index contributed by atoms with van der Waals surface area (Å²) in [5.74, 6) is 0. The number of nitrogens with zero attached hydrogens (tertiary/aromatic N) is 3. The van der Waals surface area contributed by atoms with Gasteiger partial charge in [-0.05, 0) is 66.7 Å². The Morgan fingerprint density at radius 2 is 0.927 bits per heavy atom. The van der Waals surface area contributed by atoms with E-state index in [-0.39, 0.29) is 0 Å². The van der Waals surface area contributed by atoms with Gasteiger partial charge in [0.05, 0.1) is 27.6 Å². The molecule has 0 spiro atoms. The second-order valence-corrected chi connectivity index (χ2v) is 10.7. The second-order valence-electron chi connectivity index (χ2n) is 10.7. The fourth-order valence-electron chi connectivity index (χ4n) is 6.72. The molecule has 3 heteroatoms. The van der Waals surface area contributed by atoms with E-state index in [0.717, 1.165) is 5.69 Å². The van der Waals surface area contributed by atoms with Crippen molar-refractivity contribution in [3.63, 3.8) is 0 Å². The molecule has 6 aromatic carbocycles. The summed E-state index contributed by atoms with van der Waals surface area (Å²) in [5, 5.41) is 6.29. The first-order chi connectivity index (χ1) is 20.4. The molecule has 3 aromatic heterocycles. The first-order valence-electron chi connectivity index (χ1n) is 14.0. The summed E-state index contributed by atoms with van der Waals surface area (Å²) in [6, 6.07) is 52.4. The Morgan fingerprint density at radius 3 is 1.66 bits per heavy atom. The lowest BCUT2D eigenvalue weighted by atomic mass is 10.1. The molecule has 0 atom stereocenters. The molecule has 3 heterocycles. The summed E-state index contributed by atoms with van der Waals surface area (Å²) in [4.78, 5) is 0. The molecule has 0 aliphatic heterocycles. The number of aromatic nitrogens is 3. The summed E-state index contributed by atoms with van der Waals surface area (Å²) in [7, 11) is 0. The van der Waals surface area contributed by atoms with Crippen LogP contribution in [0.4, 0.5) is 0 Å². The zero-order chi connectivity index (χ0) is 26.9. The third-order valence-electron chi connectivity index (χ3n) is 8.45. The van der Waals surface area contributed by atoms with Gasteiger partial charge in [-0.25, -0.2) is 0 Å². The van der Waals surface area contributed by atoms with E-state index in [2.05, 4.69) is 165 Å². The van der Waals surface area contributed by atoms with E-state index >= 15 is 0 Å². The molecule has 192 valence electrons. The van der Waals surface area contributed by atoms with E-state index in [4.69, 9.17) is 0 Å². The van der Waals surface area contributed by atoms with Crippen LogP contribution in [0.5, 0.6) is 0 Å². The van der Waals surface area contributed by atoms with Crippen LogP contribution in [-0.2, 0) is 0 Å². The Bertz CT molecular complexity index is 2400. The molecule has 0 bridgehead atoms. The lowest BCUT2D eigenvalue weighted by Gasteiger charge is -2.10. The number of hydrogen-bond acceptors (Lipinski definition) is 0. The van der Waals surface area contributed by atoms with Gasteiger partial charge in [-0.3, -0.25) is 0 Å². The van der Waals surface area contributed by atoms with Crippen LogP contribution < -0.4 is 0 Å². The van der Waals surface area contributed by atoms with Crippen LogP contribution in [-0.4, -0.2) is 13.7 Å². The van der Waals surface area contributed by atoms with E-state index in [0.29, 0.717) is 0 Å². The first kappa shape index (κ1) is 22.3. The Labute approximate surface area is 236 Å². The second kappa shape index (κ2) is 8.48. The molecule has 0 N–H and O–H groups in total. The SMILES string of the molecule is c1ccc(-n2c3ccccc3c3cc(-n4ccc5ccc6c(c7ccccc7n6-c6ccccc6)c54)ccc32)cc1. The molecule has 0 fully saturated rings. The van der Waals surface area contributed by atoms with Crippen molar-refractivity contribution in [2.24, 2.45) is 0 Å². The van der Waals surface area contributed by atoms with E-state index < -0.39 is 0 Å². The van der Waals surface area contributed by atoms with Crippen molar-refractivity contribution in [2.45, 2.75) is 0 Å². The predicted octanol–water partition coefficient (Wildman–Crippen LogP) is 9.82. The maximum atomic E-state index is 2.39. The van der Waals surface area contributed by atoms with Crippen LogP contribution in [0.2, 0.25) is 0 Å². The molecule has 0 saturated heterocycles. The molecular formula is C38H25N3. The quantitative estimate of drug-likeness (QED) is 0.219. The van der Waals surface area contributed by atoms with Crippen molar-refractivity contribution in [2.75, 3.05) is 0 Å². The maximum Gasteiger partial charge on any atom is 0.0628 e. The molecule has 0 radical (unpaired) electrons. The Balaban J connectivity index is 1.36. The molecule has 0 aliphatic carbocycles. The molecular weight excluding hydrogens is 498 g/mol. The van der Waals surface area contributed by atoms with Crippen LogP contribution in [0.25, 0.3) is 71.6 Å². The van der Waals surface area contributed by atoms with Crippen molar-refractivity contribution in [1.82, 2.24) is 13.7 Å². The Morgan fingerprint density at radius 1 is 0.366 bits per heavy atom. The largest absolute Gasteiger partial charge is 0.316 e. The monoisotopic (exact) mass is 523 g/mol. The van der Waals surface area contributed by atoms with E-state index in [1.165, 1.54) is 65.9 Å². The summed E-state index contributed by atoms with van der Waals surface area (Å²) >= 11 is 0. The molecule has 0 amide bonds. The standard InChI is InChI=1S/C38H25N3/c1-3-11-27(12-4-1)40-33-17-9-7-15-30(33)32-25-29(20-22-35(32)40)39-24-23-26-19-21-36-37(38(26)39)31-16-8-10-18-34(31)41(36)28-13-5-2-6-14-28/h1-25H. The minimum Gasteiger partial charge on any atom is -0.316 e. The van der Waals surface area contributed by atoms with E-state index in [1.54, 1.807) is 0 Å². The Hall–Kier alpha value is -5.54. The maximum absolute atomic E-state index is 2.39. The van der Waals surface area contributed by atoms with Gasteiger partial charge < -0.3 is 13.7 Å². The molecule has 0 saturated carbocycles. The van der Waals surface area contributed by atoms with E-state index in [9.17, 15) is 0 Å². The predicted molar refractivity (Wildman–Crippen MR) is 172 cm³/mol. The van der Waals surface area contributed by atoms with Crippen molar-refractivity contribution in [3.05, 3.63) is 152 Å². The van der Waals surface area contributed by atoms with Gasteiger partial charge in [0, 0.05) is 50.2 Å². The first-order valence-corrected chi connectivity index (χ1v) is 14.0. The topological polar surface area (TPSA) is 14.8 Å². The highest BCUT2D eigenvalue weighted by Crippen LogP contribution is 2.39. The zero-order valence-corrected chi connectivity index (χ0v) is 22.3. The van der Waals surface area contributed by atoms with Crippen LogP contribution in [0.15, 0.2) is 152 Å². The highest BCUT2D eigenvalue weighted by molar-refractivity contribution is 6.21. The lowest BCUT2D eigenvalue weighted by molar-refractivity contribution is 1.13. The average molecular weight is 524 g/mol. The van der Waals surface area contributed by atoms with Crippen molar-refractivity contribution < 1.29 is 0 Å². The zero-order valence-electron chi connectivity index (χ0n) is 22.3. The van der Waals surface area contributed by atoms with Gasteiger partial charge in [-0.2, -0.15) is 0 Å². The smallest absolute Gasteiger partial charge is 0.0628 e. The van der Waals surface area contributed by atoms with Gasteiger partial charge >= 0.3 is 0 Å². The number of fused-ring (bicyclic) bond motifs is 8. The van der Waals surface area contributed by atoms with Gasteiger partial charge in [0.1, 0.15) is 0 Å². The molecule has 9 rings (SSSR count). The highest BCUT2D eigenvalue weighted by atomic mass is 15.0. The number of para-hydroxylation sites is 4. The van der Waals surface area contributed by atoms with Gasteiger partial charge in [0.15, 0.2) is 0 Å². The molecule has 41 heavy (non-hydrogen) atoms. The third-order valence-corrected chi connectivity index (χ3v) is 8.45. The normalized spacial score (nSPS) is 11.9. The third kappa shape index (κ3) is 3.14. The van der Waals surface area contributed by atoms with E-state index in [1.807, 2.05) is 0 Å². The summed E-state index contributed by atoms with van der Waals surface area (Å²) in [6.45, 7) is 0. The average Bonchev–Trinajstić information content (AvgIpc) is 3.71. The van der Waals surface area contributed by atoms with Crippen LogP contribution in [0.1, 0.15) is 0 Å². The van der Waals surface area contributed by atoms with Gasteiger partial charge in [0.2, 0.25) is 0 Å². The number of hydrogen-bond donors (Lipinski definition) is 0. The summed E-state index contributed by atoms with van der Waals surface area (Å²) in [5.41, 5.74) is 9.61. The summed E-state index contributed by atoms with van der Waals surface area (Å²) in [6.07, 6.45) is 2.22. The van der Waals surface area contributed by atoms with Crippen LogP contribution >= 0.6 is 0 Å². The number of benzene rings is 6. The fraction of sp³-hybridized carbons (Fsp3) is 0. The molecule has 3 nitrogen and oxygen atoms in total.